The molecule has 0 aliphatic rings. The summed E-state index contributed by atoms with van der Waals surface area (Å²) in [7, 11) is -3.60. The average Bonchev–Trinajstić information content (AvgIpc) is 2.78. The molecule has 0 aliphatic heterocycles. The minimum Gasteiger partial charge on any atom is -0.481 e. The Labute approximate surface area is 215 Å². The number of aliphatic carboxylic acids is 2. The number of rotatable bonds is 15. The van der Waals surface area contributed by atoms with Gasteiger partial charge < -0.3 is 25.6 Å². The fourth-order valence-electron chi connectivity index (χ4n) is 3.14. The zero-order valence-electron chi connectivity index (χ0n) is 20.7. The largest absolute Gasteiger partial charge is 0.481 e. The molecule has 1 aromatic carbocycles. The van der Waals surface area contributed by atoms with E-state index in [1.807, 2.05) is 0 Å². The number of amides is 2. The van der Waals surface area contributed by atoms with Crippen molar-refractivity contribution in [3.05, 3.63) is 47.4 Å². The van der Waals surface area contributed by atoms with Gasteiger partial charge in [-0.2, -0.15) is 0 Å². The zero-order valence-corrected chi connectivity index (χ0v) is 21.6. The lowest BCUT2D eigenvalue weighted by atomic mass is 9.97. The molecule has 0 fully saturated rings. The van der Waals surface area contributed by atoms with Crippen LogP contribution in [-0.2, 0) is 45.2 Å². The Morgan fingerprint density at radius 1 is 0.919 bits per heavy atom. The number of esters is 1. The van der Waals surface area contributed by atoms with Gasteiger partial charge in [0.1, 0.15) is 12.6 Å². The maximum Gasteiger partial charge on any atom is 0.306 e. The summed E-state index contributed by atoms with van der Waals surface area (Å²) < 4.78 is 27.9. The topological polar surface area (TPSA) is 193 Å². The smallest absolute Gasteiger partial charge is 0.306 e. The summed E-state index contributed by atoms with van der Waals surface area (Å²) >= 11 is 0. The lowest BCUT2D eigenvalue weighted by Gasteiger charge is -2.25. The van der Waals surface area contributed by atoms with E-state index >= 15 is 0 Å². The standard InChI is InChI=1S/C24H32N2O10S/c1-15(2)22(24(33)25-18(13-20(29)30)9-10-37(3,34)35)26-23(32)17(11-19(27)28)12-21(31)36-14-16-7-5-4-6-8-16/h4-10,15,17-18,22H,11-14H2,1-3H3,(H,25,33)(H,26,32)(H,27,28)(H,29,30)/b10-9+/t17-,18-,22+/m1/s1. The van der Waals surface area contributed by atoms with Gasteiger partial charge in [0.15, 0.2) is 9.84 Å². The summed E-state index contributed by atoms with van der Waals surface area (Å²) in [5, 5.41) is 23.8. The zero-order chi connectivity index (χ0) is 28.2. The van der Waals surface area contributed by atoms with E-state index in [-0.39, 0.29) is 6.61 Å². The second-order valence-corrected chi connectivity index (χ2v) is 10.7. The molecule has 0 unspecified atom stereocenters. The van der Waals surface area contributed by atoms with Crippen molar-refractivity contribution in [2.24, 2.45) is 11.8 Å². The molecule has 3 atom stereocenters. The molecule has 2 amide bonds. The van der Waals surface area contributed by atoms with Gasteiger partial charge >= 0.3 is 17.9 Å². The molecule has 12 nitrogen and oxygen atoms in total. The lowest BCUT2D eigenvalue weighted by Crippen LogP contribution is -2.53. The number of nitrogens with one attached hydrogen (secondary N) is 2. The summed E-state index contributed by atoms with van der Waals surface area (Å²) in [6.45, 7) is 3.11. The van der Waals surface area contributed by atoms with E-state index in [0.717, 1.165) is 17.7 Å². The van der Waals surface area contributed by atoms with Gasteiger partial charge in [0.2, 0.25) is 11.8 Å². The van der Waals surface area contributed by atoms with Crippen LogP contribution in [0.1, 0.15) is 38.7 Å². The number of carbonyl (C=O) groups excluding carboxylic acids is 3. The molecule has 0 radical (unpaired) electrons. The molecule has 37 heavy (non-hydrogen) atoms. The van der Waals surface area contributed by atoms with Crippen LogP contribution in [-0.4, -0.2) is 66.7 Å². The number of benzene rings is 1. The van der Waals surface area contributed by atoms with Gasteiger partial charge in [-0.1, -0.05) is 50.3 Å². The highest BCUT2D eigenvalue weighted by atomic mass is 32.2. The van der Waals surface area contributed by atoms with Crippen LogP contribution in [0.4, 0.5) is 0 Å². The molecular weight excluding hydrogens is 508 g/mol. The van der Waals surface area contributed by atoms with Crippen LogP contribution in [0.3, 0.4) is 0 Å². The normalized spacial score (nSPS) is 13.9. The molecule has 0 bridgehead atoms. The first-order valence-electron chi connectivity index (χ1n) is 11.3. The number of ether oxygens (including phenoxy) is 1. The van der Waals surface area contributed by atoms with E-state index < -0.39 is 82.7 Å². The van der Waals surface area contributed by atoms with Gasteiger partial charge in [-0.3, -0.25) is 24.0 Å². The van der Waals surface area contributed by atoms with Crippen molar-refractivity contribution in [1.29, 1.82) is 0 Å². The number of carbonyl (C=O) groups is 5. The molecular formula is C24H32N2O10S. The minimum absolute atomic E-state index is 0.0654. The van der Waals surface area contributed by atoms with E-state index in [4.69, 9.17) is 9.84 Å². The van der Waals surface area contributed by atoms with Crippen molar-refractivity contribution in [3.63, 3.8) is 0 Å². The highest BCUT2D eigenvalue weighted by Gasteiger charge is 2.31. The molecule has 1 rings (SSSR count). The van der Waals surface area contributed by atoms with Crippen LogP contribution < -0.4 is 10.6 Å². The maximum atomic E-state index is 12.9. The lowest BCUT2D eigenvalue weighted by molar-refractivity contribution is -0.150. The summed E-state index contributed by atoms with van der Waals surface area (Å²) in [6, 6.07) is 6.31. The van der Waals surface area contributed by atoms with E-state index in [9.17, 15) is 37.5 Å². The summed E-state index contributed by atoms with van der Waals surface area (Å²) in [5.74, 6) is -7.00. The predicted octanol–water partition coefficient (Wildman–Crippen LogP) is 0.869. The molecule has 0 heterocycles. The van der Waals surface area contributed by atoms with Crippen molar-refractivity contribution in [2.45, 2.75) is 51.8 Å². The van der Waals surface area contributed by atoms with E-state index in [1.54, 1.807) is 44.2 Å². The van der Waals surface area contributed by atoms with E-state index in [2.05, 4.69) is 10.6 Å². The number of carboxylic acid groups (broad SMARTS) is 2. The van der Waals surface area contributed by atoms with Crippen molar-refractivity contribution in [1.82, 2.24) is 10.6 Å². The first-order valence-corrected chi connectivity index (χ1v) is 13.3. The van der Waals surface area contributed by atoms with Gasteiger partial charge in [0.05, 0.1) is 31.2 Å². The third-order valence-electron chi connectivity index (χ3n) is 4.97. The number of sulfone groups is 1. The minimum atomic E-state index is -3.60. The van der Waals surface area contributed by atoms with Crippen molar-refractivity contribution >= 4 is 39.6 Å². The van der Waals surface area contributed by atoms with Gasteiger partial charge in [-0.15, -0.1) is 0 Å². The van der Waals surface area contributed by atoms with Crippen LogP contribution in [0.15, 0.2) is 41.8 Å². The Hall–Kier alpha value is -3.74. The Bertz CT molecular complexity index is 1100. The van der Waals surface area contributed by atoms with Gasteiger partial charge in [-0.25, -0.2) is 8.42 Å². The SMILES string of the molecule is CC(C)[C@H](NC(=O)[C@H](CC(=O)O)CC(=O)OCc1ccccc1)C(=O)N[C@H](/C=C/S(C)(=O)=O)CC(=O)O. The number of carboxylic acids is 2. The molecule has 204 valence electrons. The summed E-state index contributed by atoms with van der Waals surface area (Å²) in [6.07, 6.45) is 0.0449. The van der Waals surface area contributed by atoms with Crippen LogP contribution in [0.25, 0.3) is 0 Å². The highest BCUT2D eigenvalue weighted by molar-refractivity contribution is 7.93. The third kappa shape index (κ3) is 13.2. The van der Waals surface area contributed by atoms with Crippen molar-refractivity contribution in [2.75, 3.05) is 6.26 Å². The van der Waals surface area contributed by atoms with Crippen LogP contribution in [0, 0.1) is 11.8 Å². The Kier molecular flexibility index (Phi) is 12.5. The molecule has 4 N–H and O–H groups in total. The first kappa shape index (κ1) is 31.3. The first-order chi connectivity index (χ1) is 17.2. The monoisotopic (exact) mass is 540 g/mol. The van der Waals surface area contributed by atoms with E-state index in [1.165, 1.54) is 0 Å². The van der Waals surface area contributed by atoms with E-state index in [0.29, 0.717) is 5.56 Å². The van der Waals surface area contributed by atoms with Crippen LogP contribution in [0.2, 0.25) is 0 Å². The molecule has 0 saturated carbocycles. The second kappa shape index (κ2) is 14.7. The van der Waals surface area contributed by atoms with Crippen LogP contribution in [0.5, 0.6) is 0 Å². The van der Waals surface area contributed by atoms with Crippen molar-refractivity contribution in [3.8, 4) is 0 Å². The summed E-state index contributed by atoms with van der Waals surface area (Å²) in [4.78, 5) is 60.5. The Morgan fingerprint density at radius 2 is 1.51 bits per heavy atom. The number of hydrogen-bond acceptors (Lipinski definition) is 8. The Balaban J connectivity index is 2.94. The maximum absolute atomic E-state index is 12.9. The van der Waals surface area contributed by atoms with Gasteiger partial charge in [0.25, 0.3) is 0 Å². The molecule has 0 aliphatic carbocycles. The Morgan fingerprint density at radius 3 is 2.03 bits per heavy atom. The van der Waals surface area contributed by atoms with Crippen molar-refractivity contribution < 1.29 is 47.3 Å². The summed E-state index contributed by atoms with van der Waals surface area (Å²) in [5.41, 5.74) is 0.701. The quantitative estimate of drug-likeness (QED) is 0.232. The van der Waals surface area contributed by atoms with Gasteiger partial charge in [-0.05, 0) is 11.5 Å². The van der Waals surface area contributed by atoms with Gasteiger partial charge in [0, 0.05) is 11.7 Å². The molecule has 0 saturated heterocycles. The molecule has 0 aromatic heterocycles. The fourth-order valence-corrected chi connectivity index (χ4v) is 3.61. The third-order valence-corrected chi connectivity index (χ3v) is 5.63. The highest BCUT2D eigenvalue weighted by Crippen LogP contribution is 2.14. The molecule has 1 aromatic rings. The number of hydrogen-bond donors (Lipinski definition) is 4. The molecule has 13 heteroatoms. The average molecular weight is 541 g/mol. The molecule has 0 spiro atoms. The second-order valence-electron chi connectivity index (χ2n) is 8.75. The van der Waals surface area contributed by atoms with Crippen LogP contribution >= 0.6 is 0 Å². The predicted molar refractivity (Wildman–Crippen MR) is 132 cm³/mol. The fraction of sp³-hybridized carbons (Fsp3) is 0.458.